The van der Waals surface area contributed by atoms with Crippen LogP contribution in [0.15, 0.2) is 30.3 Å². The molecule has 25 heavy (non-hydrogen) atoms. The molecule has 1 fully saturated rings. The Morgan fingerprint density at radius 1 is 1.36 bits per heavy atom. The van der Waals surface area contributed by atoms with Gasteiger partial charge in [0.2, 0.25) is 0 Å². The highest BCUT2D eigenvalue weighted by Crippen LogP contribution is 2.25. The minimum Gasteiger partial charge on any atom is -0.480 e. The number of nitrogens with zero attached hydrogens (tertiary/aromatic N) is 3. The number of likely N-dealkylation sites (tertiary alicyclic amines) is 1. The first-order chi connectivity index (χ1) is 11.9. The van der Waals surface area contributed by atoms with E-state index < -0.39 is 23.7 Å². The summed E-state index contributed by atoms with van der Waals surface area (Å²) in [6, 6.07) is 6.66. The summed E-state index contributed by atoms with van der Waals surface area (Å²) in [7, 11) is 3.70. The third kappa shape index (κ3) is 3.25. The number of likely N-dealkylation sites (N-methyl/N-ethyl adjacent to an activating group) is 1. The van der Waals surface area contributed by atoms with Gasteiger partial charge in [0.05, 0.1) is 5.69 Å². The molecule has 1 amide bonds. The van der Waals surface area contributed by atoms with Crippen LogP contribution in [0.2, 0.25) is 0 Å². The Balaban J connectivity index is 1.86. The molecule has 2 atom stereocenters. The third-order valence-corrected chi connectivity index (χ3v) is 4.51. The van der Waals surface area contributed by atoms with Gasteiger partial charge in [0.15, 0.2) is 0 Å². The Morgan fingerprint density at radius 2 is 2.08 bits per heavy atom. The van der Waals surface area contributed by atoms with Crippen LogP contribution in [0.1, 0.15) is 16.9 Å². The summed E-state index contributed by atoms with van der Waals surface area (Å²) in [5.74, 6) is -1.93. The minimum atomic E-state index is -1.04. The summed E-state index contributed by atoms with van der Waals surface area (Å²) in [4.78, 5) is 27.5. The van der Waals surface area contributed by atoms with E-state index in [1.54, 1.807) is 18.2 Å². The molecule has 0 aliphatic carbocycles. The lowest BCUT2D eigenvalue weighted by Crippen LogP contribution is -2.41. The van der Waals surface area contributed by atoms with E-state index in [2.05, 4.69) is 10.2 Å². The maximum atomic E-state index is 13.9. The van der Waals surface area contributed by atoms with Gasteiger partial charge in [-0.15, -0.1) is 0 Å². The average Bonchev–Trinajstić information content (AvgIpc) is 3.22. The summed E-state index contributed by atoms with van der Waals surface area (Å²) in [6.07, 6.45) is 0.363. The number of benzene rings is 1. The number of aromatic nitrogens is 2. The molecule has 2 heterocycles. The second kappa shape index (κ2) is 6.64. The molecule has 0 saturated carbocycles. The highest BCUT2D eigenvalue weighted by atomic mass is 19.1. The van der Waals surface area contributed by atoms with Crippen molar-refractivity contribution in [3.8, 4) is 11.3 Å². The average molecular weight is 346 g/mol. The zero-order valence-corrected chi connectivity index (χ0v) is 13.9. The number of halogens is 1. The number of H-pyrrole nitrogens is 1. The van der Waals surface area contributed by atoms with Crippen molar-refractivity contribution in [2.45, 2.75) is 18.5 Å². The van der Waals surface area contributed by atoms with Gasteiger partial charge in [0.1, 0.15) is 17.6 Å². The molecule has 132 valence electrons. The second-order valence-electron chi connectivity index (χ2n) is 6.31. The van der Waals surface area contributed by atoms with Crippen molar-refractivity contribution in [2.24, 2.45) is 0 Å². The van der Waals surface area contributed by atoms with Crippen LogP contribution in [-0.4, -0.2) is 69.7 Å². The fourth-order valence-corrected chi connectivity index (χ4v) is 3.04. The summed E-state index contributed by atoms with van der Waals surface area (Å²) in [5, 5.41) is 16.0. The van der Waals surface area contributed by atoms with Crippen LogP contribution in [0.3, 0.4) is 0 Å². The lowest BCUT2D eigenvalue weighted by Gasteiger charge is -2.21. The molecule has 3 rings (SSSR count). The number of hydrogen-bond acceptors (Lipinski definition) is 4. The number of nitrogens with one attached hydrogen (secondary N) is 1. The van der Waals surface area contributed by atoms with Gasteiger partial charge >= 0.3 is 5.97 Å². The summed E-state index contributed by atoms with van der Waals surface area (Å²) < 4.78 is 13.9. The van der Waals surface area contributed by atoms with Crippen molar-refractivity contribution in [2.75, 3.05) is 20.6 Å². The highest BCUT2D eigenvalue weighted by molar-refractivity contribution is 5.96. The molecule has 2 aromatic rings. The third-order valence-electron chi connectivity index (χ3n) is 4.51. The van der Waals surface area contributed by atoms with Crippen molar-refractivity contribution in [3.63, 3.8) is 0 Å². The van der Waals surface area contributed by atoms with Gasteiger partial charge < -0.3 is 14.9 Å². The van der Waals surface area contributed by atoms with Crippen molar-refractivity contribution < 1.29 is 19.1 Å². The first-order valence-corrected chi connectivity index (χ1v) is 7.89. The quantitative estimate of drug-likeness (QED) is 0.874. The topological polar surface area (TPSA) is 89.5 Å². The zero-order valence-electron chi connectivity index (χ0n) is 13.9. The number of amides is 1. The standard InChI is InChI=1S/C17H19FN4O3/c1-21(2)10-7-15(17(24)25)22(9-10)16(23)14-8-13(19-20-14)11-5-3-4-6-12(11)18/h3-6,8,10,15H,7,9H2,1-2H3,(H,19,20)(H,24,25)/t10-,15+/m1/s1. The largest absolute Gasteiger partial charge is 0.480 e. The Bertz CT molecular complexity index is 805. The number of aliphatic carboxylic acids is 1. The maximum Gasteiger partial charge on any atom is 0.326 e. The second-order valence-corrected chi connectivity index (χ2v) is 6.31. The fraction of sp³-hybridized carbons (Fsp3) is 0.353. The number of aromatic amines is 1. The normalized spacial score (nSPS) is 20.2. The summed E-state index contributed by atoms with van der Waals surface area (Å²) >= 11 is 0. The molecule has 1 saturated heterocycles. The van der Waals surface area contributed by atoms with Gasteiger partial charge in [-0.25, -0.2) is 9.18 Å². The molecule has 1 aliphatic heterocycles. The van der Waals surface area contributed by atoms with E-state index in [1.807, 2.05) is 19.0 Å². The van der Waals surface area contributed by atoms with Gasteiger partial charge in [0.25, 0.3) is 5.91 Å². The number of rotatable bonds is 4. The van der Waals surface area contributed by atoms with Crippen LogP contribution in [0.4, 0.5) is 4.39 Å². The van der Waals surface area contributed by atoms with Crippen LogP contribution >= 0.6 is 0 Å². The van der Waals surface area contributed by atoms with Crippen LogP contribution < -0.4 is 0 Å². The van der Waals surface area contributed by atoms with Crippen LogP contribution in [0.5, 0.6) is 0 Å². The van der Waals surface area contributed by atoms with E-state index in [4.69, 9.17) is 0 Å². The van der Waals surface area contributed by atoms with E-state index in [1.165, 1.54) is 17.0 Å². The number of carboxylic acid groups (broad SMARTS) is 1. The Labute approximate surface area is 144 Å². The van der Waals surface area contributed by atoms with E-state index in [0.29, 0.717) is 18.7 Å². The lowest BCUT2D eigenvalue weighted by atomic mass is 10.1. The lowest BCUT2D eigenvalue weighted by molar-refractivity contribution is -0.141. The Hall–Kier alpha value is -2.74. The van der Waals surface area contributed by atoms with Gasteiger partial charge in [-0.2, -0.15) is 5.10 Å². The first-order valence-electron chi connectivity index (χ1n) is 7.89. The van der Waals surface area contributed by atoms with Gasteiger partial charge in [-0.1, -0.05) is 12.1 Å². The van der Waals surface area contributed by atoms with E-state index in [0.717, 1.165) is 0 Å². The molecule has 1 aromatic heterocycles. The van der Waals surface area contributed by atoms with E-state index in [9.17, 15) is 19.1 Å². The molecule has 0 unspecified atom stereocenters. The van der Waals surface area contributed by atoms with Crippen molar-refractivity contribution in [1.82, 2.24) is 20.0 Å². The smallest absolute Gasteiger partial charge is 0.326 e. The molecule has 7 nitrogen and oxygen atoms in total. The minimum absolute atomic E-state index is 0.0287. The molecule has 0 bridgehead atoms. The summed E-state index contributed by atoms with van der Waals surface area (Å²) in [6.45, 7) is 0.316. The molecular weight excluding hydrogens is 327 g/mol. The number of carboxylic acids is 1. The van der Waals surface area contributed by atoms with E-state index >= 15 is 0 Å². The number of carbonyl (C=O) groups is 2. The van der Waals surface area contributed by atoms with Gasteiger partial charge in [-0.05, 0) is 38.7 Å². The monoisotopic (exact) mass is 346 g/mol. The Morgan fingerprint density at radius 3 is 2.72 bits per heavy atom. The van der Waals surface area contributed by atoms with Crippen LogP contribution in [-0.2, 0) is 4.79 Å². The van der Waals surface area contributed by atoms with Crippen LogP contribution in [0.25, 0.3) is 11.3 Å². The Kier molecular flexibility index (Phi) is 4.54. The van der Waals surface area contributed by atoms with Crippen molar-refractivity contribution >= 4 is 11.9 Å². The summed E-state index contributed by atoms with van der Waals surface area (Å²) in [5.41, 5.74) is 0.723. The molecule has 1 aromatic carbocycles. The van der Waals surface area contributed by atoms with E-state index in [-0.39, 0.29) is 17.3 Å². The molecule has 2 N–H and O–H groups in total. The predicted octanol–water partition coefficient (Wildman–Crippen LogP) is 1.45. The SMILES string of the molecule is CN(C)[C@@H]1C[C@@H](C(=O)O)N(C(=O)c2cc(-c3ccccc3F)n[nH]2)C1. The van der Waals surface area contributed by atoms with Crippen LogP contribution in [0, 0.1) is 5.82 Å². The predicted molar refractivity (Wildman–Crippen MR) is 88.5 cm³/mol. The number of carbonyl (C=O) groups excluding carboxylic acids is 1. The fourth-order valence-electron chi connectivity index (χ4n) is 3.04. The highest BCUT2D eigenvalue weighted by Gasteiger charge is 2.41. The maximum absolute atomic E-state index is 13.9. The molecule has 8 heteroatoms. The van der Waals surface area contributed by atoms with Crippen molar-refractivity contribution in [3.05, 3.63) is 41.8 Å². The van der Waals surface area contributed by atoms with Gasteiger partial charge in [0, 0.05) is 18.2 Å². The van der Waals surface area contributed by atoms with Crippen molar-refractivity contribution in [1.29, 1.82) is 0 Å². The first kappa shape index (κ1) is 17.1. The molecule has 0 spiro atoms. The van der Waals surface area contributed by atoms with Gasteiger partial charge in [-0.3, -0.25) is 9.89 Å². The molecular formula is C17H19FN4O3. The zero-order chi connectivity index (χ0) is 18.1. The molecule has 0 radical (unpaired) electrons. The molecule has 1 aliphatic rings. The number of hydrogen-bond donors (Lipinski definition) is 2.